The van der Waals surface area contributed by atoms with E-state index in [4.69, 9.17) is 4.98 Å². The second-order valence-corrected chi connectivity index (χ2v) is 10.2. The fourth-order valence-electron chi connectivity index (χ4n) is 5.25. The third-order valence-electron chi connectivity index (χ3n) is 7.02. The number of hydrogen-bond donors (Lipinski definition) is 0. The average molecular weight is 481 g/mol. The molecule has 4 heterocycles. The van der Waals surface area contributed by atoms with Gasteiger partial charge in [0.05, 0.1) is 22.5 Å². The summed E-state index contributed by atoms with van der Waals surface area (Å²) in [6.07, 6.45) is 7.04. The Morgan fingerprint density at radius 2 is 1.83 bits per heavy atom. The highest BCUT2D eigenvalue weighted by molar-refractivity contribution is 7.10. The summed E-state index contributed by atoms with van der Waals surface area (Å²) in [5, 5.41) is 3.08. The van der Waals surface area contributed by atoms with Crippen molar-refractivity contribution >= 4 is 39.8 Å². The van der Waals surface area contributed by atoms with E-state index in [-0.39, 0.29) is 5.91 Å². The van der Waals surface area contributed by atoms with Crippen molar-refractivity contribution in [3.8, 4) is 0 Å². The SMILES string of the molecule is O=C(c1c2c(nc3ccccc13)/C(=C/c1cccs1)CCC2)N1CCN(Cc2ccccn2)CC1. The van der Waals surface area contributed by atoms with Crippen molar-refractivity contribution < 1.29 is 4.79 Å². The molecule has 2 aliphatic rings. The molecule has 4 aromatic rings. The molecule has 1 aliphatic heterocycles. The number of nitrogens with zero attached hydrogens (tertiary/aromatic N) is 4. The lowest BCUT2D eigenvalue weighted by molar-refractivity contribution is 0.0627. The number of pyridine rings is 2. The van der Waals surface area contributed by atoms with Crippen molar-refractivity contribution in [2.24, 2.45) is 0 Å². The van der Waals surface area contributed by atoms with Crippen LogP contribution >= 0.6 is 11.3 Å². The van der Waals surface area contributed by atoms with Gasteiger partial charge in [0.15, 0.2) is 0 Å². The maximum atomic E-state index is 14.0. The van der Waals surface area contributed by atoms with Crippen LogP contribution in [0, 0.1) is 0 Å². The van der Waals surface area contributed by atoms with Crippen molar-refractivity contribution in [2.45, 2.75) is 25.8 Å². The molecule has 1 aromatic carbocycles. The lowest BCUT2D eigenvalue weighted by Crippen LogP contribution is -2.48. The summed E-state index contributed by atoms with van der Waals surface area (Å²) in [6, 6.07) is 18.4. The molecule has 1 aliphatic carbocycles. The number of carbonyl (C=O) groups is 1. The molecule has 3 aromatic heterocycles. The summed E-state index contributed by atoms with van der Waals surface area (Å²) < 4.78 is 0. The summed E-state index contributed by atoms with van der Waals surface area (Å²) in [4.78, 5) is 29.2. The second kappa shape index (κ2) is 9.72. The van der Waals surface area contributed by atoms with Crippen LogP contribution in [-0.2, 0) is 13.0 Å². The van der Waals surface area contributed by atoms with Gasteiger partial charge < -0.3 is 4.90 Å². The standard InChI is InChI=1S/C29H28N4OS/c34-29(33-16-14-32(15-17-33)20-22-8-3-4-13-30-22)27-24-10-1-2-12-26(24)31-28-21(7-5-11-25(27)28)19-23-9-6-18-35-23/h1-4,6,8-10,12-13,18-19H,5,7,11,14-17,20H2/b21-19+. The van der Waals surface area contributed by atoms with Gasteiger partial charge in [0.2, 0.25) is 0 Å². The van der Waals surface area contributed by atoms with Gasteiger partial charge in [0, 0.05) is 49.2 Å². The van der Waals surface area contributed by atoms with Crippen LogP contribution in [-0.4, -0.2) is 51.9 Å². The normalized spacial score (nSPS) is 17.6. The van der Waals surface area contributed by atoms with Crippen molar-refractivity contribution in [3.05, 3.63) is 93.6 Å². The molecule has 35 heavy (non-hydrogen) atoms. The first-order chi connectivity index (χ1) is 17.3. The number of hydrogen-bond acceptors (Lipinski definition) is 5. The minimum Gasteiger partial charge on any atom is -0.336 e. The summed E-state index contributed by atoms with van der Waals surface area (Å²) in [7, 11) is 0. The molecule has 1 saturated heterocycles. The lowest BCUT2D eigenvalue weighted by atomic mass is 9.86. The van der Waals surface area contributed by atoms with Gasteiger partial charge in [-0.3, -0.25) is 14.7 Å². The summed E-state index contributed by atoms with van der Waals surface area (Å²) in [6.45, 7) is 4.01. The topological polar surface area (TPSA) is 49.3 Å². The molecular weight excluding hydrogens is 452 g/mol. The molecule has 0 spiro atoms. The lowest BCUT2D eigenvalue weighted by Gasteiger charge is -2.35. The van der Waals surface area contributed by atoms with E-state index in [9.17, 15) is 4.79 Å². The van der Waals surface area contributed by atoms with E-state index >= 15 is 0 Å². The maximum absolute atomic E-state index is 14.0. The fraction of sp³-hybridized carbons (Fsp3) is 0.276. The molecule has 1 amide bonds. The van der Waals surface area contributed by atoms with E-state index in [1.54, 1.807) is 11.3 Å². The van der Waals surface area contributed by atoms with Gasteiger partial charge in [0.1, 0.15) is 0 Å². The number of benzene rings is 1. The highest BCUT2D eigenvalue weighted by Gasteiger charge is 2.29. The van der Waals surface area contributed by atoms with Crippen LogP contribution in [0.15, 0.2) is 66.2 Å². The van der Waals surface area contributed by atoms with Gasteiger partial charge in [-0.1, -0.05) is 30.3 Å². The summed E-state index contributed by atoms with van der Waals surface area (Å²) in [5.74, 6) is 0.148. The van der Waals surface area contributed by atoms with E-state index in [0.29, 0.717) is 0 Å². The number of rotatable bonds is 4. The molecule has 5 nitrogen and oxygen atoms in total. The first kappa shape index (κ1) is 22.1. The third kappa shape index (κ3) is 4.51. The van der Waals surface area contributed by atoms with Crippen molar-refractivity contribution in [2.75, 3.05) is 26.2 Å². The number of amides is 1. The molecule has 0 unspecified atom stereocenters. The summed E-state index contributed by atoms with van der Waals surface area (Å²) in [5.41, 5.74) is 6.22. The Labute approximate surface area is 209 Å². The first-order valence-electron chi connectivity index (χ1n) is 12.3. The van der Waals surface area contributed by atoms with Gasteiger partial charge in [-0.05, 0) is 66.1 Å². The van der Waals surface area contributed by atoms with Crippen molar-refractivity contribution in [3.63, 3.8) is 0 Å². The van der Waals surface area contributed by atoms with Crippen LogP contribution in [0.5, 0.6) is 0 Å². The van der Waals surface area contributed by atoms with Gasteiger partial charge in [-0.15, -0.1) is 11.3 Å². The fourth-order valence-corrected chi connectivity index (χ4v) is 5.93. The van der Waals surface area contributed by atoms with Crippen LogP contribution < -0.4 is 0 Å². The monoisotopic (exact) mass is 480 g/mol. The number of aromatic nitrogens is 2. The highest BCUT2D eigenvalue weighted by Crippen LogP contribution is 2.37. The van der Waals surface area contributed by atoms with Crippen molar-refractivity contribution in [1.82, 2.24) is 19.8 Å². The van der Waals surface area contributed by atoms with E-state index in [0.717, 1.165) is 85.4 Å². The molecule has 0 saturated carbocycles. The predicted octanol–water partition coefficient (Wildman–Crippen LogP) is 5.53. The Kier molecular flexibility index (Phi) is 6.15. The zero-order valence-electron chi connectivity index (χ0n) is 19.7. The Balaban J connectivity index is 1.31. The molecule has 176 valence electrons. The predicted molar refractivity (Wildman–Crippen MR) is 142 cm³/mol. The molecule has 0 N–H and O–H groups in total. The van der Waals surface area contributed by atoms with Crippen LogP contribution in [0.1, 0.15) is 45.0 Å². The van der Waals surface area contributed by atoms with Crippen LogP contribution in [0.2, 0.25) is 0 Å². The number of allylic oxidation sites excluding steroid dienone is 1. The van der Waals surface area contributed by atoms with Gasteiger partial charge in [-0.25, -0.2) is 4.98 Å². The van der Waals surface area contributed by atoms with E-state index in [1.807, 2.05) is 41.4 Å². The number of para-hydroxylation sites is 1. The largest absolute Gasteiger partial charge is 0.336 e. The Morgan fingerprint density at radius 1 is 0.971 bits per heavy atom. The van der Waals surface area contributed by atoms with Gasteiger partial charge in [-0.2, -0.15) is 0 Å². The Hall–Kier alpha value is -3.35. The molecular formula is C29H28N4OS. The zero-order valence-corrected chi connectivity index (χ0v) is 20.5. The molecule has 0 radical (unpaired) electrons. The number of thiophene rings is 1. The molecule has 0 atom stereocenters. The molecule has 6 rings (SSSR count). The number of piperazine rings is 1. The quantitative estimate of drug-likeness (QED) is 0.386. The van der Waals surface area contributed by atoms with E-state index < -0.39 is 0 Å². The Bertz CT molecular complexity index is 1370. The molecule has 1 fully saturated rings. The van der Waals surface area contributed by atoms with Crippen molar-refractivity contribution in [1.29, 1.82) is 0 Å². The minimum atomic E-state index is 0.148. The van der Waals surface area contributed by atoms with Gasteiger partial charge >= 0.3 is 0 Å². The molecule has 6 heteroatoms. The van der Waals surface area contributed by atoms with E-state index in [2.05, 4.69) is 45.6 Å². The van der Waals surface area contributed by atoms with Crippen LogP contribution in [0.3, 0.4) is 0 Å². The third-order valence-corrected chi connectivity index (χ3v) is 7.83. The van der Waals surface area contributed by atoms with Crippen LogP contribution in [0.25, 0.3) is 22.6 Å². The highest BCUT2D eigenvalue weighted by atomic mass is 32.1. The van der Waals surface area contributed by atoms with E-state index in [1.165, 1.54) is 10.5 Å². The smallest absolute Gasteiger partial charge is 0.254 e. The second-order valence-electron chi connectivity index (χ2n) is 9.26. The molecule has 0 bridgehead atoms. The minimum absolute atomic E-state index is 0.148. The Morgan fingerprint density at radius 3 is 2.63 bits per heavy atom. The zero-order chi connectivity index (χ0) is 23.6. The van der Waals surface area contributed by atoms with Crippen LogP contribution in [0.4, 0.5) is 0 Å². The number of carbonyl (C=O) groups excluding carboxylic acids is 1. The van der Waals surface area contributed by atoms with Gasteiger partial charge in [0.25, 0.3) is 5.91 Å². The maximum Gasteiger partial charge on any atom is 0.254 e. The number of fused-ring (bicyclic) bond motifs is 2. The first-order valence-corrected chi connectivity index (χ1v) is 13.2. The summed E-state index contributed by atoms with van der Waals surface area (Å²) >= 11 is 1.74. The average Bonchev–Trinajstić information content (AvgIpc) is 3.41.